The number of benzene rings is 1. The van der Waals surface area contributed by atoms with E-state index >= 15 is 0 Å². The van der Waals surface area contributed by atoms with Gasteiger partial charge in [-0.2, -0.15) is 5.26 Å². The first kappa shape index (κ1) is 17.2. The summed E-state index contributed by atoms with van der Waals surface area (Å²) in [5.41, 5.74) is 1.49. The third kappa shape index (κ3) is 5.54. The third-order valence-electron chi connectivity index (χ3n) is 3.23. The maximum Gasteiger partial charge on any atom is 0.227 e. The fourth-order valence-electron chi connectivity index (χ4n) is 2.09. The zero-order valence-electron chi connectivity index (χ0n) is 12.8. The molecule has 0 saturated carbocycles. The molecule has 0 fully saturated rings. The van der Waals surface area contributed by atoms with Crippen molar-refractivity contribution in [2.75, 3.05) is 34.0 Å². The number of methoxy groups -OCH3 is 2. The highest BCUT2D eigenvalue weighted by atomic mass is 16.5. The fraction of sp³-hybridized carbons (Fsp3) is 0.500. The molecule has 1 rings (SSSR count). The highest BCUT2D eigenvalue weighted by Gasteiger charge is 2.19. The Labute approximate surface area is 126 Å². The van der Waals surface area contributed by atoms with E-state index in [0.717, 1.165) is 5.56 Å². The minimum atomic E-state index is -0.00367. The van der Waals surface area contributed by atoms with Crippen LogP contribution in [0.3, 0.4) is 0 Å². The molecule has 0 saturated heterocycles. The van der Waals surface area contributed by atoms with Gasteiger partial charge in [0.2, 0.25) is 5.91 Å². The molecule has 21 heavy (non-hydrogen) atoms. The maximum absolute atomic E-state index is 12.4. The molecule has 0 aliphatic carbocycles. The molecule has 1 unspecified atom stereocenters. The summed E-state index contributed by atoms with van der Waals surface area (Å²) in [5, 5.41) is 8.77. The average Bonchev–Trinajstić information content (AvgIpc) is 2.48. The molecule has 0 aromatic heterocycles. The Balaban J connectivity index is 2.72. The molecule has 1 atom stereocenters. The molecule has 0 radical (unpaired) electrons. The number of nitrogens with zero attached hydrogens (tertiary/aromatic N) is 2. The van der Waals surface area contributed by atoms with E-state index in [2.05, 4.69) is 6.07 Å². The largest absolute Gasteiger partial charge is 0.383 e. The van der Waals surface area contributed by atoms with Crippen molar-refractivity contribution in [1.82, 2.24) is 4.90 Å². The monoisotopic (exact) mass is 290 g/mol. The van der Waals surface area contributed by atoms with E-state index in [1.165, 1.54) is 0 Å². The first-order chi connectivity index (χ1) is 10.1. The number of hydrogen-bond acceptors (Lipinski definition) is 4. The van der Waals surface area contributed by atoms with Crippen LogP contribution in [0.4, 0.5) is 0 Å². The topological polar surface area (TPSA) is 62.6 Å². The average molecular weight is 290 g/mol. The Bertz CT molecular complexity index is 479. The van der Waals surface area contributed by atoms with Crippen LogP contribution in [-0.2, 0) is 20.7 Å². The summed E-state index contributed by atoms with van der Waals surface area (Å²) in [6, 6.07) is 9.13. The molecule has 1 amide bonds. The minimum Gasteiger partial charge on any atom is -0.383 e. The van der Waals surface area contributed by atoms with E-state index in [-0.39, 0.29) is 11.9 Å². The van der Waals surface area contributed by atoms with Gasteiger partial charge >= 0.3 is 0 Å². The van der Waals surface area contributed by atoms with Crippen molar-refractivity contribution in [3.63, 3.8) is 0 Å². The number of carbonyl (C=O) groups excluding carboxylic acids is 1. The van der Waals surface area contributed by atoms with Crippen LogP contribution in [0.1, 0.15) is 18.1 Å². The van der Waals surface area contributed by atoms with E-state index < -0.39 is 0 Å². The van der Waals surface area contributed by atoms with Crippen LogP contribution in [0.2, 0.25) is 0 Å². The Kier molecular flexibility index (Phi) is 7.44. The molecular weight excluding hydrogens is 268 g/mol. The number of rotatable bonds is 8. The van der Waals surface area contributed by atoms with Gasteiger partial charge in [-0.05, 0) is 24.6 Å². The van der Waals surface area contributed by atoms with Gasteiger partial charge < -0.3 is 14.4 Å². The highest BCUT2D eigenvalue weighted by Crippen LogP contribution is 2.08. The van der Waals surface area contributed by atoms with Gasteiger partial charge in [0.25, 0.3) is 0 Å². The lowest BCUT2D eigenvalue weighted by Crippen LogP contribution is -2.43. The quantitative estimate of drug-likeness (QED) is 0.729. The van der Waals surface area contributed by atoms with Crippen molar-refractivity contribution in [3.05, 3.63) is 35.4 Å². The number of amides is 1. The Morgan fingerprint density at radius 1 is 1.29 bits per heavy atom. The van der Waals surface area contributed by atoms with Gasteiger partial charge in [0.05, 0.1) is 37.3 Å². The van der Waals surface area contributed by atoms with Gasteiger partial charge in [-0.3, -0.25) is 4.79 Å². The fourth-order valence-corrected chi connectivity index (χ4v) is 2.09. The van der Waals surface area contributed by atoms with Crippen LogP contribution in [0.15, 0.2) is 24.3 Å². The molecule has 0 spiro atoms. The van der Waals surface area contributed by atoms with Crippen LogP contribution in [0.5, 0.6) is 0 Å². The Hall–Kier alpha value is -1.90. The summed E-state index contributed by atoms with van der Waals surface area (Å²) in [6.45, 7) is 3.47. The summed E-state index contributed by atoms with van der Waals surface area (Å²) in [5.74, 6) is 0.0290. The van der Waals surface area contributed by atoms with Gasteiger partial charge in [-0.1, -0.05) is 12.1 Å². The zero-order chi connectivity index (χ0) is 15.7. The molecule has 5 nitrogen and oxygen atoms in total. The lowest BCUT2D eigenvalue weighted by Gasteiger charge is -2.28. The number of carbonyl (C=O) groups is 1. The van der Waals surface area contributed by atoms with Crippen LogP contribution >= 0.6 is 0 Å². The summed E-state index contributed by atoms with van der Waals surface area (Å²) in [6.07, 6.45) is 0.309. The SMILES string of the molecule is COCCN(C(=O)Cc1ccc(C#N)cc1)C(C)COC. The second kappa shape index (κ2) is 9.11. The van der Waals surface area contributed by atoms with Crippen LogP contribution < -0.4 is 0 Å². The van der Waals surface area contributed by atoms with Gasteiger partial charge in [0.1, 0.15) is 0 Å². The molecule has 1 aromatic rings. The zero-order valence-corrected chi connectivity index (χ0v) is 12.8. The van der Waals surface area contributed by atoms with Crippen molar-refractivity contribution < 1.29 is 14.3 Å². The molecule has 5 heteroatoms. The third-order valence-corrected chi connectivity index (χ3v) is 3.23. The van der Waals surface area contributed by atoms with Gasteiger partial charge in [-0.25, -0.2) is 0 Å². The molecule has 1 aromatic carbocycles. The van der Waals surface area contributed by atoms with Gasteiger partial charge in [0, 0.05) is 20.8 Å². The van der Waals surface area contributed by atoms with Crippen molar-refractivity contribution in [1.29, 1.82) is 5.26 Å². The second-order valence-corrected chi connectivity index (χ2v) is 4.87. The summed E-state index contributed by atoms with van der Waals surface area (Å²) in [4.78, 5) is 14.2. The van der Waals surface area contributed by atoms with E-state index in [4.69, 9.17) is 14.7 Å². The van der Waals surface area contributed by atoms with E-state index in [1.54, 1.807) is 31.3 Å². The van der Waals surface area contributed by atoms with E-state index in [9.17, 15) is 4.79 Å². The number of nitriles is 1. The maximum atomic E-state index is 12.4. The Morgan fingerprint density at radius 3 is 2.48 bits per heavy atom. The Morgan fingerprint density at radius 2 is 1.95 bits per heavy atom. The smallest absolute Gasteiger partial charge is 0.227 e. The molecule has 114 valence electrons. The first-order valence-corrected chi connectivity index (χ1v) is 6.88. The van der Waals surface area contributed by atoms with Crippen molar-refractivity contribution in [2.24, 2.45) is 0 Å². The molecular formula is C16H22N2O3. The summed E-state index contributed by atoms with van der Waals surface area (Å²) in [7, 11) is 3.24. The van der Waals surface area contributed by atoms with E-state index in [0.29, 0.717) is 31.7 Å². The standard InChI is InChI=1S/C16H22N2O3/c1-13(12-21-3)18(8-9-20-2)16(19)10-14-4-6-15(11-17)7-5-14/h4-7,13H,8-10,12H2,1-3H3. The molecule has 0 N–H and O–H groups in total. The molecule has 0 bridgehead atoms. The van der Waals surface area contributed by atoms with E-state index in [1.807, 2.05) is 19.1 Å². The minimum absolute atomic E-state index is 0.00367. The van der Waals surface area contributed by atoms with Crippen LogP contribution in [-0.4, -0.2) is 50.8 Å². The van der Waals surface area contributed by atoms with Crippen molar-refractivity contribution in [3.8, 4) is 6.07 Å². The van der Waals surface area contributed by atoms with Crippen LogP contribution in [0.25, 0.3) is 0 Å². The summed E-state index contributed by atoms with van der Waals surface area (Å²) >= 11 is 0. The van der Waals surface area contributed by atoms with Crippen molar-refractivity contribution >= 4 is 5.91 Å². The normalized spacial score (nSPS) is 11.7. The highest BCUT2D eigenvalue weighted by molar-refractivity contribution is 5.79. The van der Waals surface area contributed by atoms with Gasteiger partial charge in [-0.15, -0.1) is 0 Å². The number of hydrogen-bond donors (Lipinski definition) is 0. The first-order valence-electron chi connectivity index (χ1n) is 6.88. The van der Waals surface area contributed by atoms with Gasteiger partial charge in [0.15, 0.2) is 0 Å². The molecule has 0 aliphatic heterocycles. The van der Waals surface area contributed by atoms with Crippen LogP contribution in [0, 0.1) is 11.3 Å². The molecule has 0 aliphatic rings. The summed E-state index contributed by atoms with van der Waals surface area (Å²) < 4.78 is 10.2. The predicted octanol–water partition coefficient (Wildman–Crippen LogP) is 1.61. The lowest BCUT2D eigenvalue weighted by molar-refractivity contribution is -0.134. The second-order valence-electron chi connectivity index (χ2n) is 4.87. The molecule has 0 heterocycles. The lowest BCUT2D eigenvalue weighted by atomic mass is 10.1. The number of ether oxygens (including phenoxy) is 2. The predicted molar refractivity (Wildman–Crippen MR) is 79.8 cm³/mol. The van der Waals surface area contributed by atoms with Crippen molar-refractivity contribution in [2.45, 2.75) is 19.4 Å².